The molecule has 0 saturated carbocycles. The standard InChI is InChI=1S/C25H29FN4/c1-28-24-12-7-19(17-23(24)27)18-29-13-15-30(16-14-29)25(20-5-3-2-4-6-20)21-8-10-22(26)11-9-21/h2-12,17,25,28H,13-16,18,27H2,1H3. The average Bonchev–Trinajstić information content (AvgIpc) is 2.77. The second-order valence-corrected chi connectivity index (χ2v) is 7.85. The van der Waals surface area contributed by atoms with Crippen molar-refractivity contribution in [1.82, 2.24) is 9.80 Å². The minimum atomic E-state index is -0.195. The molecule has 1 saturated heterocycles. The number of nitrogens with zero attached hydrogens (tertiary/aromatic N) is 2. The van der Waals surface area contributed by atoms with Crippen molar-refractivity contribution in [3.05, 3.63) is 95.3 Å². The van der Waals surface area contributed by atoms with Crippen LogP contribution < -0.4 is 11.1 Å². The number of nitrogens with two attached hydrogens (primary N) is 1. The van der Waals surface area contributed by atoms with Crippen LogP contribution >= 0.6 is 0 Å². The van der Waals surface area contributed by atoms with Crippen LogP contribution in [0.5, 0.6) is 0 Å². The molecule has 1 aliphatic heterocycles. The van der Waals surface area contributed by atoms with E-state index >= 15 is 0 Å². The van der Waals surface area contributed by atoms with Crippen molar-refractivity contribution in [2.24, 2.45) is 0 Å². The molecule has 0 amide bonds. The average molecular weight is 405 g/mol. The highest BCUT2D eigenvalue weighted by atomic mass is 19.1. The third-order valence-electron chi connectivity index (χ3n) is 5.86. The van der Waals surface area contributed by atoms with Gasteiger partial charge in [0.2, 0.25) is 0 Å². The number of rotatable bonds is 6. The molecule has 0 aromatic heterocycles. The molecule has 156 valence electrons. The molecule has 3 aromatic carbocycles. The van der Waals surface area contributed by atoms with Crippen LogP contribution in [0.4, 0.5) is 15.8 Å². The molecule has 1 aliphatic rings. The minimum Gasteiger partial charge on any atom is -0.397 e. The summed E-state index contributed by atoms with van der Waals surface area (Å²) in [7, 11) is 1.88. The van der Waals surface area contributed by atoms with Crippen LogP contribution in [0, 0.1) is 5.82 Å². The molecule has 0 spiro atoms. The first-order valence-corrected chi connectivity index (χ1v) is 10.5. The van der Waals surface area contributed by atoms with Crippen molar-refractivity contribution in [3.8, 4) is 0 Å². The van der Waals surface area contributed by atoms with Crippen LogP contribution in [-0.4, -0.2) is 43.0 Å². The summed E-state index contributed by atoms with van der Waals surface area (Å²) in [5.41, 5.74) is 11.5. The van der Waals surface area contributed by atoms with Crippen molar-refractivity contribution in [2.75, 3.05) is 44.3 Å². The molecule has 3 aromatic rings. The Labute approximate surface area is 178 Å². The zero-order valence-corrected chi connectivity index (χ0v) is 17.4. The maximum atomic E-state index is 13.5. The van der Waals surface area contributed by atoms with Crippen LogP contribution in [0.2, 0.25) is 0 Å². The molecule has 0 aliphatic carbocycles. The van der Waals surface area contributed by atoms with E-state index in [1.165, 1.54) is 11.1 Å². The molecule has 4 nitrogen and oxygen atoms in total. The van der Waals surface area contributed by atoms with E-state index in [0.717, 1.165) is 49.7 Å². The molecule has 0 radical (unpaired) electrons. The number of piperazine rings is 1. The molecule has 30 heavy (non-hydrogen) atoms. The summed E-state index contributed by atoms with van der Waals surface area (Å²) in [5.74, 6) is -0.195. The summed E-state index contributed by atoms with van der Waals surface area (Å²) in [6.45, 7) is 4.78. The Hall–Kier alpha value is -2.89. The smallest absolute Gasteiger partial charge is 0.123 e. The summed E-state index contributed by atoms with van der Waals surface area (Å²) >= 11 is 0. The van der Waals surface area contributed by atoms with Gasteiger partial charge in [-0.2, -0.15) is 0 Å². The topological polar surface area (TPSA) is 44.5 Å². The monoisotopic (exact) mass is 404 g/mol. The van der Waals surface area contributed by atoms with Gasteiger partial charge in [0.1, 0.15) is 5.82 Å². The van der Waals surface area contributed by atoms with Crippen molar-refractivity contribution in [1.29, 1.82) is 0 Å². The van der Waals surface area contributed by atoms with Gasteiger partial charge in [-0.25, -0.2) is 4.39 Å². The normalized spacial score (nSPS) is 16.3. The molecule has 3 N–H and O–H groups in total. The number of halogens is 1. The molecular formula is C25H29FN4. The Balaban J connectivity index is 1.46. The summed E-state index contributed by atoms with van der Waals surface area (Å²) in [6, 6.07) is 23.8. The minimum absolute atomic E-state index is 0.138. The summed E-state index contributed by atoms with van der Waals surface area (Å²) in [5, 5.41) is 3.11. The van der Waals surface area contributed by atoms with Crippen molar-refractivity contribution in [3.63, 3.8) is 0 Å². The second-order valence-electron chi connectivity index (χ2n) is 7.85. The van der Waals surface area contributed by atoms with Gasteiger partial charge in [0.25, 0.3) is 0 Å². The van der Waals surface area contributed by atoms with Gasteiger partial charge in [0, 0.05) is 39.8 Å². The van der Waals surface area contributed by atoms with Crippen LogP contribution in [0.15, 0.2) is 72.8 Å². The number of nitrogens with one attached hydrogen (secondary N) is 1. The Bertz CT molecular complexity index is 951. The Kier molecular flexibility index (Phi) is 6.31. The number of benzene rings is 3. The van der Waals surface area contributed by atoms with Gasteiger partial charge in [-0.05, 0) is 41.0 Å². The quantitative estimate of drug-likeness (QED) is 0.600. The highest BCUT2D eigenvalue weighted by Crippen LogP contribution is 2.30. The van der Waals surface area contributed by atoms with E-state index in [2.05, 4.69) is 51.5 Å². The third-order valence-corrected chi connectivity index (χ3v) is 5.86. The van der Waals surface area contributed by atoms with Gasteiger partial charge in [-0.15, -0.1) is 0 Å². The van der Waals surface area contributed by atoms with E-state index in [0.29, 0.717) is 0 Å². The number of hydrogen-bond acceptors (Lipinski definition) is 4. The van der Waals surface area contributed by atoms with E-state index in [-0.39, 0.29) is 11.9 Å². The molecule has 1 unspecified atom stereocenters. The Morgan fingerprint density at radius 1 is 0.900 bits per heavy atom. The molecule has 5 heteroatoms. The van der Waals surface area contributed by atoms with E-state index in [1.807, 2.05) is 31.3 Å². The zero-order valence-electron chi connectivity index (χ0n) is 17.4. The highest BCUT2D eigenvalue weighted by molar-refractivity contribution is 5.66. The van der Waals surface area contributed by atoms with Gasteiger partial charge in [-0.1, -0.05) is 48.5 Å². The molecule has 0 bridgehead atoms. The van der Waals surface area contributed by atoms with Gasteiger partial charge in [0.05, 0.1) is 17.4 Å². The molecule has 1 heterocycles. The fourth-order valence-electron chi connectivity index (χ4n) is 4.27. The van der Waals surface area contributed by atoms with Gasteiger partial charge in [0.15, 0.2) is 0 Å². The zero-order chi connectivity index (χ0) is 20.9. The first-order chi connectivity index (χ1) is 14.6. The summed E-state index contributed by atoms with van der Waals surface area (Å²) in [6.07, 6.45) is 0. The summed E-state index contributed by atoms with van der Waals surface area (Å²) in [4.78, 5) is 4.97. The van der Waals surface area contributed by atoms with Crippen LogP contribution in [-0.2, 0) is 6.54 Å². The lowest BCUT2D eigenvalue weighted by Crippen LogP contribution is -2.47. The number of nitrogen functional groups attached to an aromatic ring is 1. The van der Waals surface area contributed by atoms with Crippen molar-refractivity contribution < 1.29 is 4.39 Å². The first-order valence-electron chi connectivity index (χ1n) is 10.5. The van der Waals surface area contributed by atoms with Gasteiger partial charge < -0.3 is 11.1 Å². The Morgan fingerprint density at radius 3 is 2.20 bits per heavy atom. The van der Waals surface area contributed by atoms with E-state index in [9.17, 15) is 4.39 Å². The predicted octanol–water partition coefficient (Wildman–Crippen LogP) is 4.36. The van der Waals surface area contributed by atoms with Gasteiger partial charge >= 0.3 is 0 Å². The third kappa shape index (κ3) is 4.64. The van der Waals surface area contributed by atoms with Crippen LogP contribution in [0.25, 0.3) is 0 Å². The first kappa shape index (κ1) is 20.4. The molecule has 4 rings (SSSR count). The predicted molar refractivity (Wildman–Crippen MR) is 122 cm³/mol. The number of hydrogen-bond donors (Lipinski definition) is 2. The van der Waals surface area contributed by atoms with Crippen LogP contribution in [0.3, 0.4) is 0 Å². The lowest BCUT2D eigenvalue weighted by molar-refractivity contribution is 0.105. The lowest BCUT2D eigenvalue weighted by atomic mass is 9.96. The van der Waals surface area contributed by atoms with Gasteiger partial charge in [-0.3, -0.25) is 9.80 Å². The highest BCUT2D eigenvalue weighted by Gasteiger charge is 2.26. The van der Waals surface area contributed by atoms with Crippen molar-refractivity contribution in [2.45, 2.75) is 12.6 Å². The lowest BCUT2D eigenvalue weighted by Gasteiger charge is -2.40. The maximum absolute atomic E-state index is 13.5. The Morgan fingerprint density at radius 2 is 1.57 bits per heavy atom. The number of anilines is 2. The maximum Gasteiger partial charge on any atom is 0.123 e. The van der Waals surface area contributed by atoms with E-state index < -0.39 is 0 Å². The van der Waals surface area contributed by atoms with E-state index in [1.54, 1.807) is 12.1 Å². The molecule has 1 fully saturated rings. The fraction of sp³-hybridized carbons (Fsp3) is 0.280. The van der Waals surface area contributed by atoms with E-state index in [4.69, 9.17) is 5.73 Å². The molecule has 1 atom stereocenters. The fourth-order valence-corrected chi connectivity index (χ4v) is 4.27. The SMILES string of the molecule is CNc1ccc(CN2CCN(C(c3ccccc3)c3ccc(F)cc3)CC2)cc1N. The second kappa shape index (κ2) is 9.28. The summed E-state index contributed by atoms with van der Waals surface area (Å²) < 4.78 is 13.5. The van der Waals surface area contributed by atoms with Crippen molar-refractivity contribution >= 4 is 11.4 Å². The molecular weight excluding hydrogens is 375 g/mol. The van der Waals surface area contributed by atoms with Crippen LogP contribution in [0.1, 0.15) is 22.7 Å². The largest absolute Gasteiger partial charge is 0.397 e.